The van der Waals surface area contributed by atoms with E-state index in [1.807, 2.05) is 13.0 Å². The Morgan fingerprint density at radius 1 is 1.35 bits per heavy atom. The minimum absolute atomic E-state index is 0.288. The Balaban J connectivity index is 2.00. The van der Waals surface area contributed by atoms with Crippen LogP contribution in [-0.2, 0) is 6.54 Å². The molecule has 0 aromatic heterocycles. The van der Waals surface area contributed by atoms with E-state index in [4.69, 9.17) is 5.73 Å². The molecule has 1 aliphatic heterocycles. The average molecular weight is 236 g/mol. The Morgan fingerprint density at radius 3 is 2.65 bits per heavy atom. The van der Waals surface area contributed by atoms with Gasteiger partial charge in [0.25, 0.3) is 0 Å². The van der Waals surface area contributed by atoms with Gasteiger partial charge in [-0.15, -0.1) is 0 Å². The highest BCUT2D eigenvalue weighted by Gasteiger charge is 2.27. The molecule has 1 aromatic rings. The second-order valence-electron chi connectivity index (χ2n) is 5.16. The molecule has 1 aromatic carbocycles. The Bertz CT molecular complexity index is 394. The lowest BCUT2D eigenvalue weighted by atomic mass is 9.93. The Kier molecular flexibility index (Phi) is 3.26. The largest absolute Gasteiger partial charge is 0.508 e. The number of phenolic OH excluding ortho intramolecular Hbond substituents is 1. The summed E-state index contributed by atoms with van der Waals surface area (Å²) in [7, 11) is 0. The molecule has 1 saturated heterocycles. The molecule has 94 valence electrons. The van der Waals surface area contributed by atoms with Gasteiger partial charge in [-0.25, -0.2) is 0 Å². The molecule has 4 N–H and O–H groups in total. The fourth-order valence-corrected chi connectivity index (χ4v) is 2.17. The summed E-state index contributed by atoms with van der Waals surface area (Å²) >= 11 is 0. The first kappa shape index (κ1) is 12.2. The van der Waals surface area contributed by atoms with Gasteiger partial charge >= 0.3 is 0 Å². The minimum Gasteiger partial charge on any atom is -0.508 e. The van der Waals surface area contributed by atoms with E-state index in [-0.39, 0.29) is 5.75 Å². The van der Waals surface area contributed by atoms with E-state index in [1.165, 1.54) is 0 Å². The quantitative estimate of drug-likeness (QED) is 0.535. The number of aromatic hydroxyl groups is 1. The highest BCUT2D eigenvalue weighted by atomic mass is 16.3. The van der Waals surface area contributed by atoms with Crippen molar-refractivity contribution in [1.82, 2.24) is 4.90 Å². The maximum atomic E-state index is 9.86. The number of anilines is 1. The van der Waals surface area contributed by atoms with E-state index in [0.717, 1.165) is 31.5 Å². The number of rotatable bonds is 2. The molecule has 0 amide bonds. The van der Waals surface area contributed by atoms with Crippen molar-refractivity contribution in [2.45, 2.75) is 31.9 Å². The average Bonchev–Trinajstić information content (AvgIpc) is 2.26. The first-order chi connectivity index (χ1) is 7.96. The monoisotopic (exact) mass is 236 g/mol. The second-order valence-corrected chi connectivity index (χ2v) is 5.16. The van der Waals surface area contributed by atoms with Crippen LogP contribution in [0.3, 0.4) is 0 Å². The molecule has 1 fully saturated rings. The number of benzene rings is 1. The number of aliphatic hydroxyl groups is 1. The number of phenols is 1. The fraction of sp³-hybridized carbons (Fsp3) is 0.538. The van der Waals surface area contributed by atoms with Gasteiger partial charge in [0.2, 0.25) is 0 Å². The summed E-state index contributed by atoms with van der Waals surface area (Å²) in [6, 6.07) is 5.13. The van der Waals surface area contributed by atoms with Gasteiger partial charge in [-0.2, -0.15) is 0 Å². The number of piperidine rings is 1. The predicted octanol–water partition coefficient (Wildman–Crippen LogP) is 1.32. The fourth-order valence-electron chi connectivity index (χ4n) is 2.17. The van der Waals surface area contributed by atoms with Crippen molar-refractivity contribution in [1.29, 1.82) is 0 Å². The summed E-state index contributed by atoms with van der Waals surface area (Å²) in [5.74, 6) is 0.288. The molecule has 0 spiro atoms. The number of nitrogens with zero attached hydrogens (tertiary/aromatic N) is 1. The SMILES string of the molecule is CC1(O)CCN(Cc2cc(N)ccc2O)CC1. The summed E-state index contributed by atoms with van der Waals surface area (Å²) in [4.78, 5) is 2.23. The van der Waals surface area contributed by atoms with Crippen LogP contribution in [0.4, 0.5) is 5.69 Å². The van der Waals surface area contributed by atoms with Crippen LogP contribution >= 0.6 is 0 Å². The van der Waals surface area contributed by atoms with Crippen LogP contribution in [0.1, 0.15) is 25.3 Å². The molecule has 0 radical (unpaired) electrons. The Hall–Kier alpha value is -1.26. The molecule has 2 rings (SSSR count). The van der Waals surface area contributed by atoms with Crippen molar-refractivity contribution < 1.29 is 10.2 Å². The van der Waals surface area contributed by atoms with Crippen molar-refractivity contribution in [3.8, 4) is 5.75 Å². The zero-order valence-electron chi connectivity index (χ0n) is 10.2. The van der Waals surface area contributed by atoms with Crippen molar-refractivity contribution in [3.05, 3.63) is 23.8 Å². The summed E-state index contributed by atoms with van der Waals surface area (Å²) in [6.07, 6.45) is 1.55. The molecule has 1 aliphatic rings. The lowest BCUT2D eigenvalue weighted by molar-refractivity contribution is -0.00740. The molecule has 1 heterocycles. The zero-order chi connectivity index (χ0) is 12.5. The van der Waals surface area contributed by atoms with Crippen LogP contribution in [0.25, 0.3) is 0 Å². The molecule has 0 aliphatic carbocycles. The molecule has 4 heteroatoms. The zero-order valence-corrected chi connectivity index (χ0v) is 10.2. The van der Waals surface area contributed by atoms with Crippen LogP contribution in [0.2, 0.25) is 0 Å². The molecular weight excluding hydrogens is 216 g/mol. The number of nitrogen functional groups attached to an aromatic ring is 1. The van der Waals surface area contributed by atoms with E-state index in [1.54, 1.807) is 12.1 Å². The number of hydrogen-bond donors (Lipinski definition) is 3. The van der Waals surface area contributed by atoms with E-state index in [9.17, 15) is 10.2 Å². The van der Waals surface area contributed by atoms with Gasteiger partial charge in [-0.3, -0.25) is 4.90 Å². The van der Waals surface area contributed by atoms with Crippen LogP contribution in [0.15, 0.2) is 18.2 Å². The summed E-state index contributed by atoms with van der Waals surface area (Å²) < 4.78 is 0. The highest BCUT2D eigenvalue weighted by molar-refractivity contribution is 5.47. The third-order valence-corrected chi connectivity index (χ3v) is 3.43. The maximum Gasteiger partial charge on any atom is 0.120 e. The summed E-state index contributed by atoms with van der Waals surface area (Å²) in [5.41, 5.74) is 6.69. The highest BCUT2D eigenvalue weighted by Crippen LogP contribution is 2.26. The molecule has 0 bridgehead atoms. The third kappa shape index (κ3) is 3.11. The van der Waals surface area contributed by atoms with Crippen molar-refractivity contribution >= 4 is 5.69 Å². The minimum atomic E-state index is -0.533. The van der Waals surface area contributed by atoms with Gasteiger partial charge < -0.3 is 15.9 Å². The van der Waals surface area contributed by atoms with E-state index in [0.29, 0.717) is 12.2 Å². The third-order valence-electron chi connectivity index (χ3n) is 3.43. The molecular formula is C13H20N2O2. The normalized spacial score (nSPS) is 20.4. The van der Waals surface area contributed by atoms with Crippen LogP contribution in [0, 0.1) is 0 Å². The van der Waals surface area contributed by atoms with Crippen LogP contribution < -0.4 is 5.73 Å². The van der Waals surface area contributed by atoms with Gasteiger partial charge in [0, 0.05) is 30.9 Å². The standard InChI is InChI=1S/C13H20N2O2/c1-13(17)4-6-15(7-5-13)9-10-8-11(14)2-3-12(10)16/h2-3,8,16-17H,4-7,9,14H2,1H3. The Labute approximate surface area is 102 Å². The van der Waals surface area contributed by atoms with Gasteiger partial charge in [0.15, 0.2) is 0 Å². The van der Waals surface area contributed by atoms with Crippen LogP contribution in [-0.4, -0.2) is 33.8 Å². The predicted molar refractivity (Wildman–Crippen MR) is 67.7 cm³/mol. The van der Waals surface area contributed by atoms with Crippen molar-refractivity contribution in [2.24, 2.45) is 0 Å². The van der Waals surface area contributed by atoms with E-state index < -0.39 is 5.60 Å². The van der Waals surface area contributed by atoms with Gasteiger partial charge in [-0.05, 0) is 38.0 Å². The maximum absolute atomic E-state index is 9.86. The van der Waals surface area contributed by atoms with Gasteiger partial charge in [0.1, 0.15) is 5.75 Å². The number of likely N-dealkylation sites (tertiary alicyclic amines) is 1. The molecule has 0 saturated carbocycles. The number of hydrogen-bond acceptors (Lipinski definition) is 4. The lowest BCUT2D eigenvalue weighted by Crippen LogP contribution is -2.41. The lowest BCUT2D eigenvalue weighted by Gasteiger charge is -2.35. The molecule has 17 heavy (non-hydrogen) atoms. The van der Waals surface area contributed by atoms with Crippen molar-refractivity contribution in [2.75, 3.05) is 18.8 Å². The number of nitrogens with two attached hydrogens (primary N) is 1. The summed E-state index contributed by atoms with van der Waals surface area (Å²) in [6.45, 7) is 4.26. The Morgan fingerprint density at radius 2 is 2.00 bits per heavy atom. The topological polar surface area (TPSA) is 69.7 Å². The van der Waals surface area contributed by atoms with E-state index in [2.05, 4.69) is 4.90 Å². The van der Waals surface area contributed by atoms with Gasteiger partial charge in [0.05, 0.1) is 5.60 Å². The molecule has 4 nitrogen and oxygen atoms in total. The summed E-state index contributed by atoms with van der Waals surface area (Å²) in [5, 5.41) is 19.6. The van der Waals surface area contributed by atoms with Gasteiger partial charge in [-0.1, -0.05) is 0 Å². The second kappa shape index (κ2) is 4.55. The molecule has 0 unspecified atom stereocenters. The first-order valence-corrected chi connectivity index (χ1v) is 5.98. The molecule has 0 atom stereocenters. The smallest absolute Gasteiger partial charge is 0.120 e. The van der Waals surface area contributed by atoms with E-state index >= 15 is 0 Å². The first-order valence-electron chi connectivity index (χ1n) is 5.98. The van der Waals surface area contributed by atoms with Crippen molar-refractivity contribution in [3.63, 3.8) is 0 Å². The van der Waals surface area contributed by atoms with Crippen LogP contribution in [0.5, 0.6) is 5.75 Å².